The van der Waals surface area contributed by atoms with Crippen LogP contribution in [0.15, 0.2) is 23.8 Å². The molecule has 0 bridgehead atoms. The summed E-state index contributed by atoms with van der Waals surface area (Å²) in [4.78, 5) is 20.2. The van der Waals surface area contributed by atoms with Gasteiger partial charge in [-0.15, -0.1) is 11.3 Å². The fraction of sp³-hybridized carbons (Fsp3) is 0.312. The lowest BCUT2D eigenvalue weighted by atomic mass is 9.97. The molecule has 4 heterocycles. The number of hydrogen-bond acceptors (Lipinski definition) is 5. The van der Waals surface area contributed by atoms with E-state index in [1.54, 1.807) is 17.4 Å². The van der Waals surface area contributed by atoms with Gasteiger partial charge in [0.15, 0.2) is 17.1 Å². The van der Waals surface area contributed by atoms with Crippen LogP contribution >= 0.6 is 11.3 Å². The van der Waals surface area contributed by atoms with Crippen LogP contribution in [0.25, 0.3) is 5.65 Å². The van der Waals surface area contributed by atoms with Gasteiger partial charge in [0.05, 0.1) is 18.4 Å². The van der Waals surface area contributed by atoms with Crippen molar-refractivity contribution in [3.05, 3.63) is 45.5 Å². The molecule has 1 amide bonds. The van der Waals surface area contributed by atoms with Crippen LogP contribution in [-0.2, 0) is 6.42 Å². The molecule has 1 aliphatic rings. The number of aromatic nitrogens is 3. The maximum atomic E-state index is 12.9. The largest absolute Gasteiger partial charge is 0.505 e. The number of hydrogen-bond donors (Lipinski definition) is 1. The third-order valence-corrected chi connectivity index (χ3v) is 5.53. The molecule has 0 spiro atoms. The van der Waals surface area contributed by atoms with Gasteiger partial charge in [0.25, 0.3) is 5.91 Å². The standard InChI is InChI=1S/C16H16N4O2S/c1-9-8-23-13-3-4-19(10(2)15(9)13)16(22)12-5-14-17-6-11(21)7-20(14)18-12/h5-8,10,21H,3-4H2,1-2H3. The van der Waals surface area contributed by atoms with Gasteiger partial charge in [0.1, 0.15) is 0 Å². The molecule has 23 heavy (non-hydrogen) atoms. The zero-order chi connectivity index (χ0) is 16.1. The highest BCUT2D eigenvalue weighted by Gasteiger charge is 2.31. The second-order valence-corrected chi connectivity index (χ2v) is 6.79. The van der Waals surface area contributed by atoms with Gasteiger partial charge in [-0.25, -0.2) is 9.50 Å². The average Bonchev–Trinajstić information content (AvgIpc) is 3.11. The Hall–Kier alpha value is -2.41. The van der Waals surface area contributed by atoms with Gasteiger partial charge in [-0.2, -0.15) is 5.10 Å². The Kier molecular flexibility index (Phi) is 3.12. The van der Waals surface area contributed by atoms with E-state index in [4.69, 9.17) is 0 Å². The minimum absolute atomic E-state index is 0.0180. The number of rotatable bonds is 1. The zero-order valence-electron chi connectivity index (χ0n) is 12.9. The Morgan fingerprint density at radius 1 is 1.48 bits per heavy atom. The molecular weight excluding hydrogens is 312 g/mol. The molecule has 6 nitrogen and oxygen atoms in total. The van der Waals surface area contributed by atoms with Crippen molar-refractivity contribution in [3.8, 4) is 5.75 Å². The number of nitrogens with zero attached hydrogens (tertiary/aromatic N) is 4. The molecule has 0 aliphatic carbocycles. The predicted molar refractivity (Wildman–Crippen MR) is 86.9 cm³/mol. The zero-order valence-corrected chi connectivity index (χ0v) is 13.7. The van der Waals surface area contributed by atoms with Gasteiger partial charge < -0.3 is 10.0 Å². The first kappa shape index (κ1) is 14.2. The number of carbonyl (C=O) groups is 1. The first-order valence-electron chi connectivity index (χ1n) is 7.47. The van der Waals surface area contributed by atoms with E-state index in [2.05, 4.69) is 29.3 Å². The lowest BCUT2D eigenvalue weighted by molar-refractivity contribution is 0.0672. The smallest absolute Gasteiger partial charge is 0.274 e. The quantitative estimate of drug-likeness (QED) is 0.745. The lowest BCUT2D eigenvalue weighted by Crippen LogP contribution is -2.38. The molecule has 0 saturated heterocycles. The van der Waals surface area contributed by atoms with Crippen molar-refractivity contribution in [2.24, 2.45) is 0 Å². The summed E-state index contributed by atoms with van der Waals surface area (Å²) < 4.78 is 1.43. The maximum absolute atomic E-state index is 12.9. The van der Waals surface area contributed by atoms with Crippen LogP contribution < -0.4 is 0 Å². The van der Waals surface area contributed by atoms with E-state index in [0.717, 1.165) is 6.42 Å². The maximum Gasteiger partial charge on any atom is 0.274 e. The number of aryl methyl sites for hydroxylation is 1. The fourth-order valence-corrected chi connectivity index (χ4v) is 4.34. The van der Waals surface area contributed by atoms with Gasteiger partial charge in [-0.3, -0.25) is 4.79 Å². The van der Waals surface area contributed by atoms with Gasteiger partial charge in [0, 0.05) is 17.5 Å². The molecule has 0 radical (unpaired) electrons. The van der Waals surface area contributed by atoms with E-state index in [1.165, 1.54) is 32.9 Å². The molecule has 3 aromatic heterocycles. The number of aromatic hydroxyl groups is 1. The molecule has 3 aromatic rings. The lowest BCUT2D eigenvalue weighted by Gasteiger charge is -2.33. The van der Waals surface area contributed by atoms with Gasteiger partial charge in [-0.05, 0) is 36.8 Å². The molecule has 7 heteroatoms. The Morgan fingerprint density at radius 3 is 3.13 bits per heavy atom. The normalized spacial score (nSPS) is 17.5. The van der Waals surface area contributed by atoms with Crippen molar-refractivity contribution in [1.82, 2.24) is 19.5 Å². The molecule has 0 aromatic carbocycles. The van der Waals surface area contributed by atoms with Crippen molar-refractivity contribution >= 4 is 22.9 Å². The summed E-state index contributed by atoms with van der Waals surface area (Å²) in [5, 5.41) is 15.9. The van der Waals surface area contributed by atoms with Crippen molar-refractivity contribution in [2.45, 2.75) is 26.3 Å². The highest BCUT2D eigenvalue weighted by molar-refractivity contribution is 7.10. The summed E-state index contributed by atoms with van der Waals surface area (Å²) in [7, 11) is 0. The fourth-order valence-electron chi connectivity index (χ4n) is 3.23. The highest BCUT2D eigenvalue weighted by Crippen LogP contribution is 2.36. The summed E-state index contributed by atoms with van der Waals surface area (Å²) in [5.41, 5.74) is 3.42. The number of amides is 1. The molecule has 0 saturated carbocycles. The number of fused-ring (bicyclic) bond motifs is 2. The first-order valence-corrected chi connectivity index (χ1v) is 8.35. The summed E-state index contributed by atoms with van der Waals surface area (Å²) in [6.45, 7) is 4.85. The summed E-state index contributed by atoms with van der Waals surface area (Å²) in [6, 6.07) is 1.70. The number of thiophene rings is 1. The van der Waals surface area contributed by atoms with Crippen molar-refractivity contribution in [2.75, 3.05) is 6.54 Å². The van der Waals surface area contributed by atoms with E-state index in [-0.39, 0.29) is 17.7 Å². The molecule has 1 unspecified atom stereocenters. The van der Waals surface area contributed by atoms with Gasteiger partial charge in [0.2, 0.25) is 0 Å². The van der Waals surface area contributed by atoms with Crippen molar-refractivity contribution in [3.63, 3.8) is 0 Å². The molecule has 118 valence electrons. The first-order chi connectivity index (χ1) is 11.0. The summed E-state index contributed by atoms with van der Waals surface area (Å²) in [5.74, 6) is -0.0804. The summed E-state index contributed by atoms with van der Waals surface area (Å²) in [6.07, 6.45) is 3.67. The van der Waals surface area contributed by atoms with Crippen molar-refractivity contribution in [1.29, 1.82) is 0 Å². The minimum Gasteiger partial charge on any atom is -0.505 e. The Morgan fingerprint density at radius 2 is 2.30 bits per heavy atom. The van der Waals surface area contributed by atoms with Crippen LogP contribution in [0.1, 0.15) is 39.5 Å². The van der Waals surface area contributed by atoms with E-state index in [0.29, 0.717) is 17.9 Å². The van der Waals surface area contributed by atoms with Crippen LogP contribution in [0.4, 0.5) is 0 Å². The van der Waals surface area contributed by atoms with Crippen LogP contribution in [0, 0.1) is 6.92 Å². The van der Waals surface area contributed by atoms with Gasteiger partial charge in [-0.1, -0.05) is 0 Å². The van der Waals surface area contributed by atoms with E-state index in [9.17, 15) is 9.90 Å². The molecule has 0 fully saturated rings. The van der Waals surface area contributed by atoms with Gasteiger partial charge >= 0.3 is 0 Å². The minimum atomic E-state index is -0.0984. The van der Waals surface area contributed by atoms with E-state index < -0.39 is 0 Å². The average molecular weight is 328 g/mol. The topological polar surface area (TPSA) is 70.7 Å². The molecule has 1 aliphatic heterocycles. The van der Waals surface area contributed by atoms with Crippen LogP contribution in [0.5, 0.6) is 5.75 Å². The summed E-state index contributed by atoms with van der Waals surface area (Å²) >= 11 is 1.78. The third-order valence-electron chi connectivity index (χ3n) is 4.35. The third kappa shape index (κ3) is 2.19. The molecule has 1 atom stereocenters. The van der Waals surface area contributed by atoms with Crippen LogP contribution in [0.2, 0.25) is 0 Å². The van der Waals surface area contributed by atoms with E-state index >= 15 is 0 Å². The van der Waals surface area contributed by atoms with Crippen LogP contribution in [0.3, 0.4) is 0 Å². The predicted octanol–water partition coefficient (Wildman–Crippen LogP) is 2.56. The molecular formula is C16H16N4O2S. The second kappa shape index (κ2) is 5.06. The number of carbonyl (C=O) groups excluding carboxylic acids is 1. The Balaban J connectivity index is 1.69. The molecule has 4 rings (SSSR count). The highest BCUT2D eigenvalue weighted by atomic mass is 32.1. The van der Waals surface area contributed by atoms with Crippen LogP contribution in [-0.4, -0.2) is 37.1 Å². The monoisotopic (exact) mass is 328 g/mol. The second-order valence-electron chi connectivity index (χ2n) is 5.82. The van der Waals surface area contributed by atoms with E-state index in [1.807, 2.05) is 4.90 Å². The van der Waals surface area contributed by atoms with Crippen molar-refractivity contribution < 1.29 is 9.90 Å². The SMILES string of the molecule is Cc1csc2c1C(C)N(C(=O)c1cc3ncc(O)cn3n1)CC2. The molecule has 1 N–H and O–H groups in total. The Labute approximate surface area is 137 Å². The Bertz CT molecular complexity index is 914.